The molecule has 0 spiro atoms. The molecule has 0 atom stereocenters. The number of para-hydroxylation sites is 2. The predicted octanol–water partition coefficient (Wildman–Crippen LogP) is 4.15. The van der Waals surface area contributed by atoms with Gasteiger partial charge in [0.05, 0.1) is 28.3 Å². The molecule has 0 aliphatic carbocycles. The molecule has 8 heteroatoms. The highest BCUT2D eigenvalue weighted by Crippen LogP contribution is 2.32. The fourth-order valence-electron chi connectivity index (χ4n) is 3.28. The number of ether oxygens (including phenoxy) is 2. The molecule has 29 heavy (non-hydrogen) atoms. The second-order valence-electron chi connectivity index (χ2n) is 6.73. The number of piperazine rings is 1. The Bertz CT molecular complexity index is 928. The predicted molar refractivity (Wildman–Crippen MR) is 119 cm³/mol. The third-order valence-corrected chi connectivity index (χ3v) is 7.30. The van der Waals surface area contributed by atoms with E-state index in [4.69, 9.17) is 9.47 Å². The minimum absolute atomic E-state index is 0.259. The van der Waals surface area contributed by atoms with Crippen LogP contribution in [0.4, 0.5) is 5.69 Å². The van der Waals surface area contributed by atoms with Gasteiger partial charge in [0, 0.05) is 32.2 Å². The van der Waals surface area contributed by atoms with E-state index in [2.05, 4.69) is 20.8 Å². The summed E-state index contributed by atoms with van der Waals surface area (Å²) < 4.78 is 40.0. The monoisotopic (exact) mass is 482 g/mol. The van der Waals surface area contributed by atoms with Crippen LogP contribution in [0.3, 0.4) is 0 Å². The lowest BCUT2D eigenvalue weighted by molar-refractivity contribution is 0.314. The number of benzene rings is 2. The molecule has 158 valence electrons. The van der Waals surface area contributed by atoms with Gasteiger partial charge in [0.1, 0.15) is 11.5 Å². The quantitative estimate of drug-likeness (QED) is 0.565. The van der Waals surface area contributed by atoms with Crippen molar-refractivity contribution in [2.45, 2.75) is 25.2 Å². The van der Waals surface area contributed by atoms with E-state index < -0.39 is 10.0 Å². The van der Waals surface area contributed by atoms with Gasteiger partial charge in [-0.3, -0.25) is 0 Å². The van der Waals surface area contributed by atoms with Gasteiger partial charge in [-0.2, -0.15) is 4.31 Å². The maximum absolute atomic E-state index is 13.1. The molecule has 1 aliphatic heterocycles. The largest absolute Gasteiger partial charge is 0.492 e. The minimum atomic E-state index is -3.58. The average molecular weight is 483 g/mol. The Balaban J connectivity index is 1.73. The van der Waals surface area contributed by atoms with Crippen LogP contribution in [0.1, 0.15) is 20.3 Å². The third-order valence-electron chi connectivity index (χ3n) is 4.75. The zero-order valence-corrected chi connectivity index (χ0v) is 19.2. The summed E-state index contributed by atoms with van der Waals surface area (Å²) in [5.74, 6) is 1.38. The zero-order chi connectivity index (χ0) is 20.9. The number of sulfonamides is 1. The topological polar surface area (TPSA) is 59.1 Å². The molecule has 1 fully saturated rings. The van der Waals surface area contributed by atoms with Gasteiger partial charge in [-0.15, -0.1) is 0 Å². The number of nitrogens with zero attached hydrogens (tertiary/aromatic N) is 2. The van der Waals surface area contributed by atoms with E-state index in [9.17, 15) is 8.42 Å². The molecule has 0 aromatic heterocycles. The highest BCUT2D eigenvalue weighted by atomic mass is 79.9. The lowest BCUT2D eigenvalue weighted by Crippen LogP contribution is -2.48. The zero-order valence-electron chi connectivity index (χ0n) is 16.8. The van der Waals surface area contributed by atoms with Gasteiger partial charge in [0.2, 0.25) is 10.0 Å². The number of halogens is 1. The molecule has 2 aromatic rings. The van der Waals surface area contributed by atoms with Gasteiger partial charge in [-0.1, -0.05) is 19.1 Å². The van der Waals surface area contributed by atoms with Crippen LogP contribution in [0.15, 0.2) is 51.8 Å². The summed E-state index contributed by atoms with van der Waals surface area (Å²) in [7, 11) is -3.58. The van der Waals surface area contributed by atoms with Gasteiger partial charge in [-0.25, -0.2) is 8.42 Å². The van der Waals surface area contributed by atoms with E-state index in [-0.39, 0.29) is 4.90 Å². The van der Waals surface area contributed by atoms with Crippen molar-refractivity contribution in [3.63, 3.8) is 0 Å². The molecule has 3 rings (SSSR count). The molecule has 0 amide bonds. The third kappa shape index (κ3) is 5.05. The van der Waals surface area contributed by atoms with Crippen LogP contribution in [-0.4, -0.2) is 52.1 Å². The van der Waals surface area contributed by atoms with Crippen LogP contribution >= 0.6 is 15.9 Å². The first-order chi connectivity index (χ1) is 14.0. The van der Waals surface area contributed by atoms with Crippen molar-refractivity contribution >= 4 is 31.6 Å². The Morgan fingerprint density at radius 2 is 1.69 bits per heavy atom. The summed E-state index contributed by atoms with van der Waals surface area (Å²) >= 11 is 3.42. The van der Waals surface area contributed by atoms with Crippen molar-refractivity contribution in [1.29, 1.82) is 0 Å². The van der Waals surface area contributed by atoms with Crippen LogP contribution in [0, 0.1) is 0 Å². The normalized spacial score (nSPS) is 15.3. The Morgan fingerprint density at radius 3 is 2.38 bits per heavy atom. The first-order valence-electron chi connectivity index (χ1n) is 9.86. The Hall–Kier alpha value is -1.77. The summed E-state index contributed by atoms with van der Waals surface area (Å²) in [4.78, 5) is 2.43. The maximum atomic E-state index is 13.1. The molecule has 1 heterocycles. The Labute approximate surface area is 181 Å². The number of rotatable bonds is 8. The highest BCUT2D eigenvalue weighted by molar-refractivity contribution is 9.10. The van der Waals surface area contributed by atoms with Crippen LogP contribution < -0.4 is 14.4 Å². The molecular formula is C21H27BrN2O4S. The second kappa shape index (κ2) is 9.82. The molecule has 2 aromatic carbocycles. The van der Waals surface area contributed by atoms with Gasteiger partial charge < -0.3 is 14.4 Å². The summed E-state index contributed by atoms with van der Waals surface area (Å²) in [5, 5.41) is 0. The summed E-state index contributed by atoms with van der Waals surface area (Å²) in [6, 6.07) is 12.8. The molecule has 0 radical (unpaired) electrons. The first-order valence-corrected chi connectivity index (χ1v) is 12.1. The molecule has 1 saturated heterocycles. The van der Waals surface area contributed by atoms with Crippen molar-refractivity contribution in [3.8, 4) is 11.5 Å². The van der Waals surface area contributed by atoms with E-state index in [1.54, 1.807) is 22.5 Å². The van der Waals surface area contributed by atoms with Crippen molar-refractivity contribution in [2.24, 2.45) is 0 Å². The van der Waals surface area contributed by atoms with E-state index in [1.807, 2.05) is 38.1 Å². The standard InChI is InChI=1S/C21H27BrN2O4S/c1-3-15-28-21-16-17(9-10-18(21)22)29(25,26)24-13-11-23(12-14-24)19-7-5-6-8-20(19)27-4-2/h5-10,16H,3-4,11-15H2,1-2H3. The van der Waals surface area contributed by atoms with Crippen LogP contribution in [0.25, 0.3) is 0 Å². The van der Waals surface area contributed by atoms with Crippen molar-refractivity contribution in [2.75, 3.05) is 44.3 Å². The lowest BCUT2D eigenvalue weighted by atomic mass is 10.2. The fourth-order valence-corrected chi connectivity index (χ4v) is 5.08. The van der Waals surface area contributed by atoms with Crippen LogP contribution in [0.5, 0.6) is 11.5 Å². The van der Waals surface area contributed by atoms with Crippen molar-refractivity contribution < 1.29 is 17.9 Å². The maximum Gasteiger partial charge on any atom is 0.243 e. The molecule has 0 unspecified atom stereocenters. The fraction of sp³-hybridized carbons (Fsp3) is 0.429. The molecule has 0 N–H and O–H groups in total. The van der Waals surface area contributed by atoms with E-state index in [0.29, 0.717) is 45.1 Å². The Kier molecular flexibility index (Phi) is 7.43. The van der Waals surface area contributed by atoms with Crippen molar-refractivity contribution in [3.05, 3.63) is 46.9 Å². The SMILES string of the molecule is CCCOc1cc(S(=O)(=O)N2CCN(c3ccccc3OCC)CC2)ccc1Br. The van der Waals surface area contributed by atoms with Gasteiger partial charge >= 0.3 is 0 Å². The highest BCUT2D eigenvalue weighted by Gasteiger charge is 2.30. The van der Waals surface area contributed by atoms with Crippen LogP contribution in [-0.2, 0) is 10.0 Å². The molecular weight excluding hydrogens is 456 g/mol. The van der Waals surface area contributed by atoms with Crippen LogP contribution in [0.2, 0.25) is 0 Å². The smallest absolute Gasteiger partial charge is 0.243 e. The van der Waals surface area contributed by atoms with E-state index in [0.717, 1.165) is 22.3 Å². The molecule has 0 bridgehead atoms. The van der Waals surface area contributed by atoms with Gasteiger partial charge in [0.15, 0.2) is 0 Å². The van der Waals surface area contributed by atoms with E-state index >= 15 is 0 Å². The first kappa shape index (κ1) is 21.9. The lowest BCUT2D eigenvalue weighted by Gasteiger charge is -2.36. The molecule has 6 nitrogen and oxygen atoms in total. The number of anilines is 1. The van der Waals surface area contributed by atoms with E-state index in [1.165, 1.54) is 0 Å². The Morgan fingerprint density at radius 1 is 0.966 bits per heavy atom. The molecule has 1 aliphatic rings. The number of hydrogen-bond acceptors (Lipinski definition) is 5. The number of hydrogen-bond donors (Lipinski definition) is 0. The summed E-state index contributed by atoms with van der Waals surface area (Å²) in [6.45, 7) is 7.17. The second-order valence-corrected chi connectivity index (χ2v) is 9.52. The van der Waals surface area contributed by atoms with Gasteiger partial charge in [-0.05, 0) is 53.5 Å². The summed E-state index contributed by atoms with van der Waals surface area (Å²) in [5.41, 5.74) is 1.00. The summed E-state index contributed by atoms with van der Waals surface area (Å²) in [6.07, 6.45) is 0.856. The average Bonchev–Trinajstić information content (AvgIpc) is 2.74. The molecule has 0 saturated carbocycles. The van der Waals surface area contributed by atoms with Crippen molar-refractivity contribution in [1.82, 2.24) is 4.31 Å². The van der Waals surface area contributed by atoms with Gasteiger partial charge in [0.25, 0.3) is 0 Å². The minimum Gasteiger partial charge on any atom is -0.492 e.